The van der Waals surface area contributed by atoms with Crippen molar-refractivity contribution < 1.29 is 19.2 Å². The summed E-state index contributed by atoms with van der Waals surface area (Å²) in [6.45, 7) is 1.39. The zero-order valence-electron chi connectivity index (χ0n) is 22.4. The third kappa shape index (κ3) is 6.27. The van der Waals surface area contributed by atoms with E-state index in [0.717, 1.165) is 10.8 Å². The number of nitrogens with zero attached hydrogens (tertiary/aromatic N) is 1. The number of aromatic nitrogens is 3. The van der Waals surface area contributed by atoms with Crippen molar-refractivity contribution in [2.24, 2.45) is 11.5 Å². The number of rotatable bonds is 10. The van der Waals surface area contributed by atoms with Gasteiger partial charge >= 0.3 is 0 Å². The van der Waals surface area contributed by atoms with E-state index in [9.17, 15) is 19.2 Å². The zero-order valence-corrected chi connectivity index (χ0v) is 22.4. The molecular formula is C29H29N9O4. The maximum Gasteiger partial charge on any atom is 0.274 e. The number of fused-ring (bicyclic) bond motifs is 2. The summed E-state index contributed by atoms with van der Waals surface area (Å²) in [6, 6.07) is 16.7. The molecule has 0 saturated heterocycles. The molecule has 13 nitrogen and oxygen atoms in total. The molecule has 0 fully saturated rings. The molecule has 0 spiro atoms. The monoisotopic (exact) mass is 567 g/mol. The van der Waals surface area contributed by atoms with E-state index in [2.05, 4.69) is 36.2 Å². The van der Waals surface area contributed by atoms with E-state index in [1.165, 1.54) is 18.3 Å². The summed E-state index contributed by atoms with van der Waals surface area (Å²) in [5.41, 5.74) is 14.2. The van der Waals surface area contributed by atoms with Crippen LogP contribution in [0.5, 0.6) is 0 Å². The number of benzene rings is 2. The third-order valence-corrected chi connectivity index (χ3v) is 6.36. The number of pyridine rings is 1. The predicted molar refractivity (Wildman–Crippen MR) is 160 cm³/mol. The summed E-state index contributed by atoms with van der Waals surface area (Å²) in [7, 11) is 0. The third-order valence-electron chi connectivity index (χ3n) is 6.36. The van der Waals surface area contributed by atoms with Gasteiger partial charge < -0.3 is 42.7 Å². The van der Waals surface area contributed by atoms with Gasteiger partial charge in [0.05, 0.1) is 0 Å². The van der Waals surface area contributed by atoms with Crippen LogP contribution in [0.2, 0.25) is 0 Å². The van der Waals surface area contributed by atoms with E-state index in [1.54, 1.807) is 48.5 Å². The fraction of sp³-hybridized carbons (Fsp3) is 0.138. The van der Waals surface area contributed by atoms with Crippen molar-refractivity contribution in [3.05, 3.63) is 89.5 Å². The van der Waals surface area contributed by atoms with Gasteiger partial charge in [-0.1, -0.05) is 12.1 Å². The van der Waals surface area contributed by atoms with Gasteiger partial charge in [-0.15, -0.1) is 0 Å². The van der Waals surface area contributed by atoms with Gasteiger partial charge in [-0.2, -0.15) is 0 Å². The van der Waals surface area contributed by atoms with Crippen LogP contribution in [0, 0.1) is 0 Å². The molecule has 4 amide bonds. The molecule has 0 atom stereocenters. The molecule has 42 heavy (non-hydrogen) atoms. The molecule has 0 aliphatic rings. The minimum Gasteiger partial charge on any atom is -0.350 e. The van der Waals surface area contributed by atoms with Gasteiger partial charge in [-0.05, 0) is 48.5 Å². The second kappa shape index (κ2) is 12.3. The highest BCUT2D eigenvalue weighted by molar-refractivity contribution is 6.09. The smallest absolute Gasteiger partial charge is 0.274 e. The lowest BCUT2D eigenvalue weighted by Crippen LogP contribution is -2.29. The van der Waals surface area contributed by atoms with Crippen molar-refractivity contribution in [1.82, 2.24) is 25.6 Å². The largest absolute Gasteiger partial charge is 0.350 e. The lowest BCUT2D eigenvalue weighted by atomic mass is 10.2. The number of amides is 4. The maximum absolute atomic E-state index is 13.0. The average molecular weight is 568 g/mol. The summed E-state index contributed by atoms with van der Waals surface area (Å²) in [5, 5.41) is 12.6. The molecule has 5 rings (SSSR count). The minimum atomic E-state index is -0.510. The van der Waals surface area contributed by atoms with Gasteiger partial charge in [-0.3, -0.25) is 24.2 Å². The Balaban J connectivity index is 1.26. The van der Waals surface area contributed by atoms with Crippen LogP contribution in [0.4, 0.5) is 11.4 Å². The number of hydrogen-bond donors (Lipinski definition) is 8. The highest BCUT2D eigenvalue weighted by Crippen LogP contribution is 2.22. The number of aromatic amines is 2. The number of H-pyrrole nitrogens is 2. The Bertz CT molecular complexity index is 1680. The van der Waals surface area contributed by atoms with Crippen LogP contribution in [0.25, 0.3) is 21.8 Å². The van der Waals surface area contributed by atoms with Gasteiger partial charge in [0.2, 0.25) is 0 Å². The molecule has 0 aliphatic heterocycles. The van der Waals surface area contributed by atoms with E-state index in [0.29, 0.717) is 60.0 Å². The first-order chi connectivity index (χ1) is 20.3. The van der Waals surface area contributed by atoms with Gasteiger partial charge in [0.1, 0.15) is 17.1 Å². The van der Waals surface area contributed by atoms with Crippen LogP contribution >= 0.6 is 0 Å². The molecule has 13 heteroatoms. The Labute approximate surface area is 239 Å². The topological polar surface area (TPSA) is 213 Å². The first kappa shape index (κ1) is 28.0. The predicted octanol–water partition coefficient (Wildman–Crippen LogP) is 1.93. The average Bonchev–Trinajstić information content (AvgIpc) is 3.62. The van der Waals surface area contributed by atoms with Crippen molar-refractivity contribution in [1.29, 1.82) is 0 Å². The lowest BCUT2D eigenvalue weighted by Gasteiger charge is -2.08. The highest BCUT2D eigenvalue weighted by Gasteiger charge is 2.15. The molecule has 0 aliphatic carbocycles. The zero-order chi connectivity index (χ0) is 29.6. The van der Waals surface area contributed by atoms with Crippen molar-refractivity contribution in [3.8, 4) is 0 Å². The molecule has 10 N–H and O–H groups in total. The summed E-state index contributed by atoms with van der Waals surface area (Å²) in [5.74, 6) is -1.49. The van der Waals surface area contributed by atoms with Crippen LogP contribution in [0.15, 0.2) is 66.9 Å². The summed E-state index contributed by atoms with van der Waals surface area (Å²) < 4.78 is 0. The van der Waals surface area contributed by atoms with E-state index in [-0.39, 0.29) is 23.1 Å². The van der Waals surface area contributed by atoms with Crippen LogP contribution < -0.4 is 32.7 Å². The molecule has 3 heterocycles. The second-order valence-electron chi connectivity index (χ2n) is 9.40. The minimum absolute atomic E-state index is 0.0454. The van der Waals surface area contributed by atoms with Crippen molar-refractivity contribution >= 4 is 56.8 Å². The Kier molecular flexibility index (Phi) is 8.22. The van der Waals surface area contributed by atoms with Crippen LogP contribution in [-0.4, -0.2) is 64.8 Å². The van der Waals surface area contributed by atoms with Gasteiger partial charge in [0.15, 0.2) is 0 Å². The fourth-order valence-corrected chi connectivity index (χ4v) is 4.31. The first-order valence-electron chi connectivity index (χ1n) is 13.2. The number of carbonyl (C=O) groups is 4. The van der Waals surface area contributed by atoms with Gasteiger partial charge in [0.25, 0.3) is 23.6 Å². The number of hydrogen-bond acceptors (Lipinski definition) is 7. The van der Waals surface area contributed by atoms with Gasteiger partial charge in [0, 0.05) is 71.1 Å². The molecule has 0 radical (unpaired) electrons. The normalized spacial score (nSPS) is 10.9. The van der Waals surface area contributed by atoms with Crippen LogP contribution in [-0.2, 0) is 0 Å². The quantitative estimate of drug-likeness (QED) is 0.125. The molecule has 0 saturated carbocycles. The summed E-state index contributed by atoms with van der Waals surface area (Å²) >= 11 is 0. The fourth-order valence-electron chi connectivity index (χ4n) is 4.31. The molecular weight excluding hydrogens is 538 g/mol. The first-order valence-corrected chi connectivity index (χ1v) is 13.2. The SMILES string of the molecule is NCCNC(=O)c1cc2ccc(NC(=O)c3ccnc(C(=O)Nc4ccc5cc(C(=O)NCCN)[nH]c5c4)c3)cc2[nH]1. The molecule has 2 aromatic carbocycles. The number of nitrogens with two attached hydrogens (primary N) is 2. The standard InChI is InChI=1S/C29H29N9O4/c30-6-9-33-27(40)24-11-16-1-3-19(14-21(16)37-24)35-26(39)18-5-8-32-23(13-18)29(42)36-20-4-2-17-12-25(38-22(17)15-20)28(41)34-10-7-31/h1-5,8,11-15,37-38H,6-7,9-10,30-31H2,(H,33,40)(H,34,41)(H,35,39)(H,36,42). The Morgan fingerprint density at radius 2 is 1.17 bits per heavy atom. The van der Waals surface area contributed by atoms with Gasteiger partial charge in [-0.25, -0.2) is 0 Å². The van der Waals surface area contributed by atoms with Crippen molar-refractivity contribution in [2.45, 2.75) is 0 Å². The molecule has 0 bridgehead atoms. The molecule has 5 aromatic rings. The second-order valence-corrected chi connectivity index (χ2v) is 9.40. The maximum atomic E-state index is 13.0. The number of nitrogens with one attached hydrogen (secondary N) is 6. The van der Waals surface area contributed by atoms with E-state index >= 15 is 0 Å². The Morgan fingerprint density at radius 3 is 1.69 bits per heavy atom. The lowest BCUT2D eigenvalue weighted by molar-refractivity contribution is 0.0942. The molecule has 214 valence electrons. The number of carbonyl (C=O) groups excluding carboxylic acids is 4. The molecule has 3 aromatic heterocycles. The number of anilines is 2. The Morgan fingerprint density at radius 1 is 0.643 bits per heavy atom. The van der Waals surface area contributed by atoms with Crippen LogP contribution in [0.1, 0.15) is 41.8 Å². The molecule has 0 unspecified atom stereocenters. The summed E-state index contributed by atoms with van der Waals surface area (Å²) in [6.07, 6.45) is 1.38. The van der Waals surface area contributed by atoms with E-state index < -0.39 is 11.8 Å². The summed E-state index contributed by atoms with van der Waals surface area (Å²) in [4.78, 5) is 60.5. The van der Waals surface area contributed by atoms with Crippen molar-refractivity contribution in [3.63, 3.8) is 0 Å². The Hall–Kier alpha value is -5.53. The van der Waals surface area contributed by atoms with Crippen molar-refractivity contribution in [2.75, 3.05) is 36.8 Å². The van der Waals surface area contributed by atoms with Crippen LogP contribution in [0.3, 0.4) is 0 Å². The highest BCUT2D eigenvalue weighted by atomic mass is 16.2. The van der Waals surface area contributed by atoms with E-state index in [4.69, 9.17) is 11.5 Å². The van der Waals surface area contributed by atoms with E-state index in [1.807, 2.05) is 0 Å².